The fourth-order valence-electron chi connectivity index (χ4n) is 1.26. The van der Waals surface area contributed by atoms with Crippen LogP contribution in [0.4, 0.5) is 5.13 Å². The molecule has 0 saturated heterocycles. The first-order valence-corrected chi connectivity index (χ1v) is 5.74. The molecule has 5 heteroatoms. The summed E-state index contributed by atoms with van der Waals surface area (Å²) in [4.78, 5) is 16.2. The maximum atomic E-state index is 11.8. The van der Waals surface area contributed by atoms with Crippen molar-refractivity contribution < 1.29 is 4.79 Å². The molecule has 1 heterocycles. The summed E-state index contributed by atoms with van der Waals surface area (Å²) < 4.78 is 0. The number of benzene rings is 1. The molecule has 0 bridgehead atoms. The van der Waals surface area contributed by atoms with Gasteiger partial charge in [-0.1, -0.05) is 29.0 Å². The molecule has 0 unspecified atom stereocenters. The second kappa shape index (κ2) is 4.76. The number of thiazole rings is 1. The molecule has 2 aromatic rings. The highest BCUT2D eigenvalue weighted by Crippen LogP contribution is 2.17. The molecule has 1 aromatic carbocycles. The van der Waals surface area contributed by atoms with E-state index in [4.69, 9.17) is 5.26 Å². The number of aromatic nitrogens is 1. The molecule has 0 aliphatic heterocycles. The maximum absolute atomic E-state index is 11.8. The summed E-state index contributed by atoms with van der Waals surface area (Å²) in [7, 11) is 0. The Morgan fingerprint density at radius 3 is 2.71 bits per heavy atom. The predicted octanol–water partition coefficient (Wildman–Crippen LogP) is 2.58. The summed E-state index contributed by atoms with van der Waals surface area (Å²) >= 11 is 1.15. The lowest BCUT2D eigenvalue weighted by Crippen LogP contribution is -2.11. The minimum absolute atomic E-state index is 0.219. The topological polar surface area (TPSA) is 65.8 Å². The second-order valence-corrected chi connectivity index (χ2v) is 4.49. The van der Waals surface area contributed by atoms with E-state index in [0.29, 0.717) is 15.6 Å². The zero-order valence-electron chi connectivity index (χ0n) is 9.10. The van der Waals surface area contributed by atoms with Crippen molar-refractivity contribution in [3.63, 3.8) is 0 Å². The lowest BCUT2D eigenvalue weighted by Gasteiger charge is -2.01. The highest BCUT2D eigenvalue weighted by atomic mass is 32.1. The zero-order chi connectivity index (χ0) is 12.3. The van der Waals surface area contributed by atoms with Crippen LogP contribution in [-0.2, 0) is 0 Å². The van der Waals surface area contributed by atoms with E-state index in [1.165, 1.54) is 6.20 Å². The third-order valence-corrected chi connectivity index (χ3v) is 2.97. The first-order valence-electron chi connectivity index (χ1n) is 4.93. The fraction of sp³-hybridized carbons (Fsp3) is 0.0833. The van der Waals surface area contributed by atoms with E-state index in [1.807, 2.05) is 25.1 Å². The average Bonchev–Trinajstić information content (AvgIpc) is 2.77. The number of aryl methyl sites for hydroxylation is 1. The van der Waals surface area contributed by atoms with Gasteiger partial charge in [0.2, 0.25) is 0 Å². The van der Waals surface area contributed by atoms with E-state index in [9.17, 15) is 4.79 Å². The molecule has 0 saturated carbocycles. The van der Waals surface area contributed by atoms with Crippen molar-refractivity contribution >= 4 is 22.4 Å². The molecular weight excluding hydrogens is 234 g/mol. The number of anilines is 1. The Labute approximate surface area is 103 Å². The highest BCUT2D eigenvalue weighted by Gasteiger charge is 2.08. The van der Waals surface area contributed by atoms with Gasteiger partial charge in [-0.3, -0.25) is 10.1 Å². The molecule has 0 atom stereocenters. The molecule has 0 fully saturated rings. The van der Waals surface area contributed by atoms with Gasteiger partial charge in [-0.2, -0.15) is 5.26 Å². The molecule has 0 aliphatic carbocycles. The number of nitrogens with one attached hydrogen (secondary N) is 1. The van der Waals surface area contributed by atoms with E-state index >= 15 is 0 Å². The highest BCUT2D eigenvalue weighted by molar-refractivity contribution is 7.16. The van der Waals surface area contributed by atoms with Gasteiger partial charge in [-0.15, -0.1) is 0 Å². The van der Waals surface area contributed by atoms with Gasteiger partial charge in [-0.25, -0.2) is 4.98 Å². The van der Waals surface area contributed by atoms with E-state index in [1.54, 1.807) is 12.1 Å². The monoisotopic (exact) mass is 243 g/mol. The SMILES string of the molecule is Cc1ccc(C(=O)Nc2ncc(C#N)s2)cc1. The molecule has 17 heavy (non-hydrogen) atoms. The van der Waals surface area contributed by atoms with Crippen LogP contribution in [0.3, 0.4) is 0 Å². The normalized spacial score (nSPS) is 9.65. The summed E-state index contributed by atoms with van der Waals surface area (Å²) in [6, 6.07) is 9.22. The van der Waals surface area contributed by atoms with Crippen molar-refractivity contribution in [3.8, 4) is 6.07 Å². The molecule has 4 nitrogen and oxygen atoms in total. The largest absolute Gasteiger partial charge is 0.298 e. The molecule has 2 rings (SSSR count). The Kier molecular flexibility index (Phi) is 3.17. The van der Waals surface area contributed by atoms with Crippen LogP contribution in [0.15, 0.2) is 30.5 Å². The van der Waals surface area contributed by atoms with Crippen LogP contribution < -0.4 is 5.32 Å². The van der Waals surface area contributed by atoms with Gasteiger partial charge in [-0.05, 0) is 19.1 Å². The predicted molar refractivity (Wildman–Crippen MR) is 66.0 cm³/mol. The second-order valence-electron chi connectivity index (χ2n) is 3.46. The van der Waals surface area contributed by atoms with E-state index < -0.39 is 0 Å². The molecular formula is C12H9N3OS. The molecule has 0 radical (unpaired) electrons. The van der Waals surface area contributed by atoms with Gasteiger partial charge in [0.25, 0.3) is 5.91 Å². The minimum atomic E-state index is -0.219. The van der Waals surface area contributed by atoms with Crippen LogP contribution in [0.2, 0.25) is 0 Å². The standard InChI is InChI=1S/C12H9N3OS/c1-8-2-4-9(5-3-8)11(16)15-12-14-7-10(6-13)17-12/h2-5,7H,1H3,(H,14,15,16). The number of carbonyl (C=O) groups is 1. The quantitative estimate of drug-likeness (QED) is 0.881. The number of rotatable bonds is 2. The third kappa shape index (κ3) is 2.68. The summed E-state index contributed by atoms with van der Waals surface area (Å²) in [6.07, 6.45) is 1.44. The average molecular weight is 243 g/mol. The van der Waals surface area contributed by atoms with Crippen molar-refractivity contribution in [2.45, 2.75) is 6.92 Å². The van der Waals surface area contributed by atoms with Crippen molar-refractivity contribution in [2.24, 2.45) is 0 Å². The first kappa shape index (κ1) is 11.3. The van der Waals surface area contributed by atoms with Crippen molar-refractivity contribution in [1.29, 1.82) is 5.26 Å². The minimum Gasteiger partial charge on any atom is -0.298 e. The Morgan fingerprint density at radius 1 is 1.41 bits per heavy atom. The smallest absolute Gasteiger partial charge is 0.257 e. The van der Waals surface area contributed by atoms with Crippen LogP contribution in [0, 0.1) is 18.3 Å². The zero-order valence-corrected chi connectivity index (χ0v) is 9.91. The molecule has 0 aliphatic rings. The van der Waals surface area contributed by atoms with Crippen LogP contribution in [0.25, 0.3) is 0 Å². The number of nitriles is 1. The summed E-state index contributed by atoms with van der Waals surface area (Å²) in [5.74, 6) is -0.219. The van der Waals surface area contributed by atoms with Gasteiger partial charge < -0.3 is 0 Å². The third-order valence-electron chi connectivity index (χ3n) is 2.15. The van der Waals surface area contributed by atoms with Gasteiger partial charge >= 0.3 is 0 Å². The Balaban J connectivity index is 2.11. The lowest BCUT2D eigenvalue weighted by molar-refractivity contribution is 0.102. The fourth-order valence-corrected chi connectivity index (χ4v) is 1.87. The van der Waals surface area contributed by atoms with Gasteiger partial charge in [0, 0.05) is 5.56 Å². The first-order chi connectivity index (χ1) is 8.19. The van der Waals surface area contributed by atoms with Crippen LogP contribution in [0.1, 0.15) is 20.8 Å². The lowest BCUT2D eigenvalue weighted by atomic mass is 10.1. The maximum Gasteiger partial charge on any atom is 0.257 e. The van der Waals surface area contributed by atoms with Crippen LogP contribution in [-0.4, -0.2) is 10.9 Å². The van der Waals surface area contributed by atoms with Crippen molar-refractivity contribution in [3.05, 3.63) is 46.5 Å². The molecule has 0 spiro atoms. The van der Waals surface area contributed by atoms with Crippen molar-refractivity contribution in [2.75, 3.05) is 5.32 Å². The molecule has 1 aromatic heterocycles. The van der Waals surface area contributed by atoms with Gasteiger partial charge in [0.1, 0.15) is 10.9 Å². The number of hydrogen-bond donors (Lipinski definition) is 1. The number of amides is 1. The van der Waals surface area contributed by atoms with Crippen LogP contribution >= 0.6 is 11.3 Å². The Hall–Kier alpha value is -2.19. The summed E-state index contributed by atoms with van der Waals surface area (Å²) in [5.41, 5.74) is 1.67. The molecule has 1 amide bonds. The van der Waals surface area contributed by atoms with Crippen LogP contribution in [0.5, 0.6) is 0 Å². The summed E-state index contributed by atoms with van der Waals surface area (Å²) in [6.45, 7) is 1.96. The summed E-state index contributed by atoms with van der Waals surface area (Å²) in [5, 5.41) is 11.7. The number of nitrogens with zero attached hydrogens (tertiary/aromatic N) is 2. The number of carbonyl (C=O) groups excluding carboxylic acids is 1. The Morgan fingerprint density at radius 2 is 2.12 bits per heavy atom. The molecule has 1 N–H and O–H groups in total. The van der Waals surface area contributed by atoms with E-state index in [-0.39, 0.29) is 5.91 Å². The molecule has 84 valence electrons. The Bertz CT molecular complexity index is 581. The number of hydrogen-bond acceptors (Lipinski definition) is 4. The van der Waals surface area contributed by atoms with Crippen molar-refractivity contribution in [1.82, 2.24) is 4.98 Å². The van der Waals surface area contributed by atoms with E-state index in [0.717, 1.165) is 16.9 Å². The van der Waals surface area contributed by atoms with Gasteiger partial charge in [0.05, 0.1) is 6.20 Å². The van der Waals surface area contributed by atoms with E-state index in [2.05, 4.69) is 10.3 Å². The van der Waals surface area contributed by atoms with Gasteiger partial charge in [0.15, 0.2) is 5.13 Å².